The Morgan fingerprint density at radius 3 is 2.76 bits per heavy atom. The van der Waals surface area contributed by atoms with Crippen LogP contribution in [-0.2, 0) is 4.74 Å². The molecule has 1 aliphatic heterocycles. The van der Waals surface area contributed by atoms with Gasteiger partial charge in [-0.25, -0.2) is 4.98 Å². The molecule has 0 bridgehead atoms. The number of hydrogen-bond acceptors (Lipinski definition) is 5. The highest BCUT2D eigenvalue weighted by Crippen LogP contribution is 2.35. The van der Waals surface area contributed by atoms with E-state index >= 15 is 0 Å². The van der Waals surface area contributed by atoms with Gasteiger partial charge in [0, 0.05) is 36.3 Å². The van der Waals surface area contributed by atoms with E-state index in [-0.39, 0.29) is 6.10 Å². The number of H-pyrrole nitrogens is 1. The van der Waals surface area contributed by atoms with Crippen molar-refractivity contribution in [2.75, 3.05) is 31.2 Å². The highest BCUT2D eigenvalue weighted by atomic mass is 16.5. The molecule has 2 aromatic heterocycles. The van der Waals surface area contributed by atoms with Crippen molar-refractivity contribution in [1.82, 2.24) is 15.2 Å². The molecule has 0 saturated carbocycles. The van der Waals surface area contributed by atoms with Crippen LogP contribution in [0.3, 0.4) is 0 Å². The predicted octanol–water partition coefficient (Wildman–Crippen LogP) is 3.25. The summed E-state index contributed by atoms with van der Waals surface area (Å²) in [7, 11) is 0. The van der Waals surface area contributed by atoms with Crippen molar-refractivity contribution in [1.29, 1.82) is 0 Å². The van der Waals surface area contributed by atoms with E-state index in [1.54, 1.807) is 6.20 Å². The van der Waals surface area contributed by atoms with Crippen molar-refractivity contribution < 1.29 is 9.47 Å². The van der Waals surface area contributed by atoms with Gasteiger partial charge in [0.15, 0.2) is 0 Å². The number of rotatable bonds is 4. The lowest BCUT2D eigenvalue weighted by atomic mass is 10.1. The number of hydrogen-bond donors (Lipinski definition) is 1. The van der Waals surface area contributed by atoms with E-state index in [0.717, 1.165) is 60.0 Å². The number of ether oxygens (including phenoxy) is 2. The summed E-state index contributed by atoms with van der Waals surface area (Å²) in [6.45, 7) is 7.21. The molecule has 1 fully saturated rings. The van der Waals surface area contributed by atoms with Gasteiger partial charge >= 0.3 is 0 Å². The molecule has 1 saturated heterocycles. The van der Waals surface area contributed by atoms with Crippen LogP contribution in [0.15, 0.2) is 36.5 Å². The predicted molar refractivity (Wildman–Crippen MR) is 98.1 cm³/mol. The van der Waals surface area contributed by atoms with Crippen LogP contribution >= 0.6 is 0 Å². The van der Waals surface area contributed by atoms with E-state index in [1.165, 1.54) is 0 Å². The van der Waals surface area contributed by atoms with Crippen molar-refractivity contribution >= 4 is 16.7 Å². The van der Waals surface area contributed by atoms with Gasteiger partial charge in [0.1, 0.15) is 11.6 Å². The zero-order valence-corrected chi connectivity index (χ0v) is 14.5. The maximum Gasteiger partial charge on any atom is 0.133 e. The van der Waals surface area contributed by atoms with Gasteiger partial charge in [-0.3, -0.25) is 5.10 Å². The van der Waals surface area contributed by atoms with E-state index in [0.29, 0.717) is 0 Å². The van der Waals surface area contributed by atoms with Crippen molar-refractivity contribution in [2.45, 2.75) is 20.0 Å². The van der Waals surface area contributed by atoms with Crippen LogP contribution in [0.1, 0.15) is 13.8 Å². The van der Waals surface area contributed by atoms with Crippen LogP contribution in [0.5, 0.6) is 5.75 Å². The second-order valence-corrected chi connectivity index (χ2v) is 6.42. The lowest BCUT2D eigenvalue weighted by Gasteiger charge is -2.28. The molecule has 1 aromatic carbocycles. The first kappa shape index (κ1) is 15.9. The van der Waals surface area contributed by atoms with E-state index in [4.69, 9.17) is 14.5 Å². The molecule has 6 heteroatoms. The second-order valence-electron chi connectivity index (χ2n) is 6.42. The average Bonchev–Trinajstić information content (AvgIpc) is 3.16. The number of benzene rings is 1. The molecular weight excluding hydrogens is 316 g/mol. The maximum atomic E-state index is 6.11. The SMILES string of the molecule is CC(C)Oc1cc(N2CCOCC2)nc2c(-c3ccn[nH]3)cccc12. The van der Waals surface area contributed by atoms with Crippen molar-refractivity contribution in [2.24, 2.45) is 0 Å². The van der Waals surface area contributed by atoms with Gasteiger partial charge in [-0.2, -0.15) is 5.10 Å². The number of para-hydroxylation sites is 1. The van der Waals surface area contributed by atoms with Gasteiger partial charge < -0.3 is 14.4 Å². The van der Waals surface area contributed by atoms with Gasteiger partial charge in [0.05, 0.1) is 30.5 Å². The van der Waals surface area contributed by atoms with Crippen LogP contribution in [0, 0.1) is 0 Å². The molecule has 0 aliphatic carbocycles. The lowest BCUT2D eigenvalue weighted by Crippen LogP contribution is -2.36. The van der Waals surface area contributed by atoms with Crippen LogP contribution in [0.2, 0.25) is 0 Å². The van der Waals surface area contributed by atoms with Gasteiger partial charge in [-0.15, -0.1) is 0 Å². The molecule has 130 valence electrons. The van der Waals surface area contributed by atoms with E-state index in [9.17, 15) is 0 Å². The zero-order valence-electron chi connectivity index (χ0n) is 14.5. The van der Waals surface area contributed by atoms with E-state index in [2.05, 4.69) is 27.2 Å². The highest BCUT2D eigenvalue weighted by Gasteiger charge is 2.18. The zero-order chi connectivity index (χ0) is 17.2. The number of nitrogens with zero attached hydrogens (tertiary/aromatic N) is 3. The fourth-order valence-corrected chi connectivity index (χ4v) is 3.13. The minimum Gasteiger partial charge on any atom is -0.490 e. The molecular formula is C19H22N4O2. The number of morpholine rings is 1. The number of anilines is 1. The van der Waals surface area contributed by atoms with Crippen molar-refractivity contribution in [3.63, 3.8) is 0 Å². The monoisotopic (exact) mass is 338 g/mol. The third kappa shape index (κ3) is 3.17. The average molecular weight is 338 g/mol. The Morgan fingerprint density at radius 2 is 2.04 bits per heavy atom. The van der Waals surface area contributed by atoms with E-state index in [1.807, 2.05) is 32.0 Å². The number of aromatic amines is 1. The number of pyridine rings is 1. The van der Waals surface area contributed by atoms with Crippen molar-refractivity contribution in [3.05, 3.63) is 36.5 Å². The molecule has 0 amide bonds. The largest absolute Gasteiger partial charge is 0.490 e. The summed E-state index contributed by atoms with van der Waals surface area (Å²) in [5.41, 5.74) is 2.90. The first-order valence-corrected chi connectivity index (χ1v) is 8.65. The molecule has 1 N–H and O–H groups in total. The summed E-state index contributed by atoms with van der Waals surface area (Å²) in [4.78, 5) is 7.22. The summed E-state index contributed by atoms with van der Waals surface area (Å²) in [5.74, 6) is 1.79. The molecule has 6 nitrogen and oxygen atoms in total. The molecule has 1 aliphatic rings. The summed E-state index contributed by atoms with van der Waals surface area (Å²) < 4.78 is 11.6. The molecule has 3 aromatic rings. The highest BCUT2D eigenvalue weighted by molar-refractivity contribution is 5.97. The first-order chi connectivity index (χ1) is 12.2. The molecule has 3 heterocycles. The summed E-state index contributed by atoms with van der Waals surface area (Å²) >= 11 is 0. The third-order valence-electron chi connectivity index (χ3n) is 4.28. The van der Waals surface area contributed by atoms with Crippen molar-refractivity contribution in [3.8, 4) is 17.0 Å². The first-order valence-electron chi connectivity index (χ1n) is 8.65. The Hall–Kier alpha value is -2.60. The lowest BCUT2D eigenvalue weighted by molar-refractivity contribution is 0.122. The Morgan fingerprint density at radius 1 is 1.20 bits per heavy atom. The maximum absolute atomic E-state index is 6.11. The number of aromatic nitrogens is 3. The number of fused-ring (bicyclic) bond motifs is 1. The summed E-state index contributed by atoms with van der Waals surface area (Å²) in [5, 5.41) is 8.13. The Bertz CT molecular complexity index is 855. The second kappa shape index (κ2) is 6.72. The van der Waals surface area contributed by atoms with Gasteiger partial charge in [0.2, 0.25) is 0 Å². The third-order valence-corrected chi connectivity index (χ3v) is 4.28. The summed E-state index contributed by atoms with van der Waals surface area (Å²) in [6, 6.07) is 10.2. The number of nitrogens with one attached hydrogen (secondary N) is 1. The molecule has 4 rings (SSSR count). The Labute approximate surface area is 146 Å². The standard InChI is InChI=1S/C19H22N4O2/c1-13(2)25-17-12-18(23-8-10-24-11-9-23)21-19-14(4-3-5-15(17)19)16-6-7-20-22-16/h3-7,12-13H,8-11H2,1-2H3,(H,20,22). The van der Waals surface area contributed by atoms with Crippen LogP contribution in [-0.4, -0.2) is 47.6 Å². The van der Waals surface area contributed by atoms with Crippen LogP contribution < -0.4 is 9.64 Å². The topological polar surface area (TPSA) is 63.3 Å². The van der Waals surface area contributed by atoms with Crippen LogP contribution in [0.25, 0.3) is 22.2 Å². The normalized spacial score (nSPS) is 15.1. The molecule has 0 radical (unpaired) electrons. The van der Waals surface area contributed by atoms with E-state index < -0.39 is 0 Å². The summed E-state index contributed by atoms with van der Waals surface area (Å²) in [6.07, 6.45) is 1.85. The Balaban J connectivity index is 1.90. The van der Waals surface area contributed by atoms with Gasteiger partial charge in [-0.1, -0.05) is 12.1 Å². The fourth-order valence-electron chi connectivity index (χ4n) is 3.13. The Kier molecular flexibility index (Phi) is 4.28. The smallest absolute Gasteiger partial charge is 0.133 e. The molecule has 0 atom stereocenters. The van der Waals surface area contributed by atoms with Gasteiger partial charge in [0.25, 0.3) is 0 Å². The molecule has 25 heavy (non-hydrogen) atoms. The minimum atomic E-state index is 0.0962. The minimum absolute atomic E-state index is 0.0962. The molecule has 0 unspecified atom stereocenters. The van der Waals surface area contributed by atoms with Gasteiger partial charge in [-0.05, 0) is 26.0 Å². The quantitative estimate of drug-likeness (QED) is 0.791. The van der Waals surface area contributed by atoms with Crippen LogP contribution in [0.4, 0.5) is 5.82 Å². The fraction of sp³-hybridized carbons (Fsp3) is 0.368. The molecule has 0 spiro atoms.